The van der Waals surface area contributed by atoms with Crippen LogP contribution >= 0.6 is 0 Å². The quantitative estimate of drug-likeness (QED) is 0.188. The molecule has 0 amide bonds. The molecular formula is C34H38N2O10S. The molecule has 0 saturated heterocycles. The van der Waals surface area contributed by atoms with Crippen molar-refractivity contribution < 1.29 is 46.5 Å². The Morgan fingerprint density at radius 2 is 1.21 bits per heavy atom. The highest BCUT2D eigenvalue weighted by molar-refractivity contribution is 7.89. The number of benzene rings is 3. The van der Waals surface area contributed by atoms with E-state index in [1.807, 2.05) is 6.92 Å². The summed E-state index contributed by atoms with van der Waals surface area (Å²) in [6.07, 6.45) is 0. The lowest BCUT2D eigenvalue weighted by molar-refractivity contribution is -0.177. The third kappa shape index (κ3) is 5.85. The van der Waals surface area contributed by atoms with Crippen molar-refractivity contribution in [3.05, 3.63) is 94.5 Å². The highest BCUT2D eigenvalue weighted by Gasteiger charge is 2.71. The molecule has 250 valence electrons. The maximum absolute atomic E-state index is 15.1. The van der Waals surface area contributed by atoms with Crippen molar-refractivity contribution in [3.63, 3.8) is 0 Å². The predicted molar refractivity (Wildman–Crippen MR) is 171 cm³/mol. The molecule has 1 aliphatic rings. The lowest BCUT2D eigenvalue weighted by Gasteiger charge is -2.52. The van der Waals surface area contributed by atoms with Gasteiger partial charge in [0.25, 0.3) is 0 Å². The number of methoxy groups -OCH3 is 4. The molecule has 12 nitrogen and oxygen atoms in total. The Hall–Kier alpha value is -4.75. The molecule has 0 fully saturated rings. The normalized spacial score (nSPS) is 17.3. The first-order chi connectivity index (χ1) is 22.2. The van der Waals surface area contributed by atoms with Crippen LogP contribution in [-0.2, 0) is 48.1 Å². The van der Waals surface area contributed by atoms with E-state index in [9.17, 15) is 19.2 Å². The number of carbonyl (C=O) groups is 4. The van der Waals surface area contributed by atoms with E-state index in [0.29, 0.717) is 21.1 Å². The van der Waals surface area contributed by atoms with Gasteiger partial charge in [0.15, 0.2) is 5.92 Å². The van der Waals surface area contributed by atoms with Crippen LogP contribution in [0.25, 0.3) is 0 Å². The van der Waals surface area contributed by atoms with Gasteiger partial charge in [0.2, 0.25) is 15.6 Å². The molecule has 2 atom stereocenters. The zero-order valence-corrected chi connectivity index (χ0v) is 28.3. The SMILES string of the molecule is COC(=O)C(C(=O)OC)[C@@H]1c2cc(N(C)C)ccc2[C@@H](c2ccc(C)cc2)N(S(=O)(=O)c2ccc(C)cc2)C1(C(=O)OC)C(=O)OC. The number of sulfonamides is 1. The minimum Gasteiger partial charge on any atom is -0.468 e. The van der Waals surface area contributed by atoms with Crippen molar-refractivity contribution in [1.29, 1.82) is 0 Å². The second kappa shape index (κ2) is 13.5. The van der Waals surface area contributed by atoms with E-state index >= 15 is 8.42 Å². The van der Waals surface area contributed by atoms with E-state index in [-0.39, 0.29) is 10.5 Å². The highest BCUT2D eigenvalue weighted by atomic mass is 32.2. The van der Waals surface area contributed by atoms with Crippen LogP contribution in [-0.4, -0.2) is 84.7 Å². The van der Waals surface area contributed by atoms with Gasteiger partial charge in [0, 0.05) is 25.7 Å². The summed E-state index contributed by atoms with van der Waals surface area (Å²) in [4.78, 5) is 57.6. The monoisotopic (exact) mass is 666 g/mol. The molecule has 0 N–H and O–H groups in total. The molecule has 13 heteroatoms. The Bertz CT molecular complexity index is 1750. The fraction of sp³-hybridized carbons (Fsp3) is 0.353. The number of ether oxygens (including phenoxy) is 4. The van der Waals surface area contributed by atoms with Crippen molar-refractivity contribution in [3.8, 4) is 0 Å². The van der Waals surface area contributed by atoms with Gasteiger partial charge in [-0.1, -0.05) is 53.6 Å². The fourth-order valence-electron chi connectivity index (χ4n) is 6.14. The summed E-state index contributed by atoms with van der Waals surface area (Å²) >= 11 is 0. The molecule has 0 aromatic heterocycles. The maximum atomic E-state index is 15.1. The maximum Gasteiger partial charge on any atom is 0.339 e. The zero-order chi connectivity index (χ0) is 34.8. The number of esters is 4. The predicted octanol–water partition coefficient (Wildman–Crippen LogP) is 3.29. The van der Waals surface area contributed by atoms with Crippen molar-refractivity contribution in [2.45, 2.75) is 36.2 Å². The van der Waals surface area contributed by atoms with E-state index in [1.165, 1.54) is 12.1 Å². The molecule has 0 saturated carbocycles. The van der Waals surface area contributed by atoms with Crippen LogP contribution in [0.2, 0.25) is 0 Å². The fourth-order valence-corrected chi connectivity index (χ4v) is 8.00. The Kier molecular flexibility index (Phi) is 10.1. The van der Waals surface area contributed by atoms with Gasteiger partial charge in [0.05, 0.1) is 39.4 Å². The molecule has 0 radical (unpaired) electrons. The first-order valence-corrected chi connectivity index (χ1v) is 16.0. The minimum absolute atomic E-state index is 0.133. The van der Waals surface area contributed by atoms with E-state index in [1.54, 1.807) is 80.5 Å². The number of nitrogens with zero attached hydrogens (tertiary/aromatic N) is 2. The van der Waals surface area contributed by atoms with Gasteiger partial charge < -0.3 is 23.8 Å². The lowest BCUT2D eigenvalue weighted by atomic mass is 9.65. The average molecular weight is 667 g/mol. The molecule has 0 bridgehead atoms. The van der Waals surface area contributed by atoms with Crippen LogP contribution in [0.3, 0.4) is 0 Å². The first kappa shape index (κ1) is 35.1. The van der Waals surface area contributed by atoms with Gasteiger partial charge in [0.1, 0.15) is 0 Å². The van der Waals surface area contributed by atoms with Crippen LogP contribution in [0.4, 0.5) is 5.69 Å². The summed E-state index contributed by atoms with van der Waals surface area (Å²) in [6.45, 7) is 3.62. The second-order valence-corrected chi connectivity index (χ2v) is 13.2. The number of carbonyl (C=O) groups excluding carboxylic acids is 4. The molecule has 0 unspecified atom stereocenters. The minimum atomic E-state index is -4.89. The van der Waals surface area contributed by atoms with Crippen molar-refractivity contribution in [2.75, 3.05) is 47.4 Å². The third-order valence-electron chi connectivity index (χ3n) is 8.46. The van der Waals surface area contributed by atoms with Crippen LogP contribution in [0.5, 0.6) is 0 Å². The number of hydrogen-bond acceptors (Lipinski definition) is 11. The van der Waals surface area contributed by atoms with Crippen LogP contribution in [0, 0.1) is 19.8 Å². The number of hydrogen-bond donors (Lipinski definition) is 0. The lowest BCUT2D eigenvalue weighted by Crippen LogP contribution is -2.70. The van der Waals surface area contributed by atoms with E-state index in [2.05, 4.69) is 0 Å². The first-order valence-electron chi connectivity index (χ1n) is 14.5. The number of anilines is 1. The molecule has 3 aromatic carbocycles. The van der Waals surface area contributed by atoms with Gasteiger partial charge >= 0.3 is 23.9 Å². The van der Waals surface area contributed by atoms with E-state index in [4.69, 9.17) is 18.9 Å². The van der Waals surface area contributed by atoms with Gasteiger partial charge in [-0.3, -0.25) is 9.59 Å². The second-order valence-electron chi connectivity index (χ2n) is 11.4. The Balaban J connectivity index is 2.36. The Labute approximate surface area is 274 Å². The Morgan fingerprint density at radius 1 is 0.723 bits per heavy atom. The van der Waals surface area contributed by atoms with Crippen molar-refractivity contribution in [1.82, 2.24) is 4.31 Å². The van der Waals surface area contributed by atoms with Crippen LogP contribution in [0.15, 0.2) is 71.6 Å². The smallest absolute Gasteiger partial charge is 0.339 e. The van der Waals surface area contributed by atoms with Gasteiger partial charge in [-0.15, -0.1) is 0 Å². The van der Waals surface area contributed by atoms with E-state index in [0.717, 1.165) is 39.6 Å². The summed E-state index contributed by atoms with van der Waals surface area (Å²) in [7, 11) is 2.59. The summed E-state index contributed by atoms with van der Waals surface area (Å²) in [5.74, 6) is -9.06. The molecule has 0 aliphatic carbocycles. The number of fused-ring (bicyclic) bond motifs is 1. The summed E-state index contributed by atoms with van der Waals surface area (Å²) in [5, 5.41) is 0. The van der Waals surface area contributed by atoms with Gasteiger partial charge in [-0.05, 0) is 54.8 Å². The summed E-state index contributed by atoms with van der Waals surface area (Å²) < 4.78 is 51.5. The van der Waals surface area contributed by atoms with Crippen molar-refractivity contribution >= 4 is 39.6 Å². The number of rotatable bonds is 9. The van der Waals surface area contributed by atoms with Crippen molar-refractivity contribution in [2.24, 2.45) is 5.92 Å². The largest absolute Gasteiger partial charge is 0.468 e. The third-order valence-corrected chi connectivity index (χ3v) is 10.3. The molecule has 47 heavy (non-hydrogen) atoms. The molecule has 1 heterocycles. The Morgan fingerprint density at radius 3 is 1.66 bits per heavy atom. The number of aryl methyl sites for hydroxylation is 2. The average Bonchev–Trinajstić information content (AvgIpc) is 3.07. The molecule has 4 rings (SSSR count). The molecular weight excluding hydrogens is 628 g/mol. The van der Waals surface area contributed by atoms with Crippen LogP contribution in [0.1, 0.15) is 39.8 Å². The zero-order valence-electron chi connectivity index (χ0n) is 27.5. The standard InChI is InChI=1S/C34H38N2O10S/c1-20-9-13-22(14-10-20)29-25-18-15-23(35(3)4)19-26(25)28(27(30(37)43-5)31(38)44-6)34(32(39)45-7,33(40)46-8)36(29)47(41,42)24-16-11-21(2)12-17-24/h9-19,27-29H,1-8H3/t28-,29+/m0/s1. The van der Waals surface area contributed by atoms with Gasteiger partial charge in [-0.25, -0.2) is 18.0 Å². The molecule has 0 spiro atoms. The van der Waals surface area contributed by atoms with E-state index < -0.39 is 57.3 Å². The molecule has 3 aromatic rings. The van der Waals surface area contributed by atoms with Gasteiger partial charge in [-0.2, -0.15) is 4.31 Å². The molecule has 1 aliphatic heterocycles. The van der Waals surface area contributed by atoms with Crippen LogP contribution < -0.4 is 4.90 Å². The topological polar surface area (TPSA) is 146 Å². The summed E-state index contributed by atoms with van der Waals surface area (Å²) in [5.41, 5.74) is -0.0248. The summed E-state index contributed by atoms with van der Waals surface area (Å²) in [6, 6.07) is 16.3. The highest BCUT2D eigenvalue weighted by Crippen LogP contribution is 2.56.